The van der Waals surface area contributed by atoms with Gasteiger partial charge in [-0.1, -0.05) is 23.7 Å². The SMILES string of the molecule is Cc1nc(CC(=O)N2CCOC(c3ccc(Cl)cc3)C2)cs1. The average Bonchev–Trinajstić information content (AvgIpc) is 2.93. The molecule has 1 amide bonds. The minimum atomic E-state index is -0.0906. The van der Waals surface area contributed by atoms with Gasteiger partial charge in [0.2, 0.25) is 5.91 Å². The van der Waals surface area contributed by atoms with Crippen LogP contribution in [-0.4, -0.2) is 35.5 Å². The maximum atomic E-state index is 12.4. The molecule has 1 saturated heterocycles. The van der Waals surface area contributed by atoms with Crippen molar-refractivity contribution in [1.29, 1.82) is 0 Å². The number of thiazole rings is 1. The maximum absolute atomic E-state index is 12.4. The van der Waals surface area contributed by atoms with Crippen LogP contribution in [0.3, 0.4) is 0 Å². The van der Waals surface area contributed by atoms with Crippen LogP contribution in [0, 0.1) is 6.92 Å². The molecule has 1 unspecified atom stereocenters. The van der Waals surface area contributed by atoms with Crippen LogP contribution in [-0.2, 0) is 16.0 Å². The van der Waals surface area contributed by atoms with Gasteiger partial charge in [-0.3, -0.25) is 4.79 Å². The van der Waals surface area contributed by atoms with E-state index in [1.807, 2.05) is 41.5 Å². The smallest absolute Gasteiger partial charge is 0.228 e. The summed E-state index contributed by atoms with van der Waals surface area (Å²) >= 11 is 7.48. The molecular formula is C16H17ClN2O2S. The van der Waals surface area contributed by atoms with E-state index in [2.05, 4.69) is 4.98 Å². The molecule has 2 aromatic rings. The molecule has 4 nitrogen and oxygen atoms in total. The second-order valence-corrected chi connectivity index (χ2v) is 6.78. The number of carbonyl (C=O) groups excluding carboxylic acids is 1. The van der Waals surface area contributed by atoms with Crippen LogP contribution in [0.5, 0.6) is 0 Å². The third-order valence-corrected chi connectivity index (χ3v) is 4.73. The number of hydrogen-bond donors (Lipinski definition) is 0. The van der Waals surface area contributed by atoms with Gasteiger partial charge in [0, 0.05) is 16.9 Å². The summed E-state index contributed by atoms with van der Waals surface area (Å²) in [5, 5.41) is 3.64. The molecule has 1 aromatic carbocycles. The molecule has 116 valence electrons. The number of carbonyl (C=O) groups is 1. The molecule has 0 bridgehead atoms. The number of benzene rings is 1. The maximum Gasteiger partial charge on any atom is 0.228 e. The number of hydrogen-bond acceptors (Lipinski definition) is 4. The summed E-state index contributed by atoms with van der Waals surface area (Å²) in [6.45, 7) is 3.70. The lowest BCUT2D eigenvalue weighted by molar-refractivity contribution is -0.138. The molecule has 1 atom stereocenters. The van der Waals surface area contributed by atoms with Crippen molar-refractivity contribution in [3.8, 4) is 0 Å². The summed E-state index contributed by atoms with van der Waals surface area (Å²) in [5.74, 6) is 0.104. The van der Waals surface area contributed by atoms with Crippen molar-refractivity contribution in [1.82, 2.24) is 9.88 Å². The van der Waals surface area contributed by atoms with E-state index in [9.17, 15) is 4.79 Å². The number of amides is 1. The average molecular weight is 337 g/mol. The van der Waals surface area contributed by atoms with Crippen LogP contribution in [0.25, 0.3) is 0 Å². The molecule has 1 fully saturated rings. The Morgan fingerprint density at radius 1 is 1.45 bits per heavy atom. The van der Waals surface area contributed by atoms with E-state index in [-0.39, 0.29) is 12.0 Å². The van der Waals surface area contributed by atoms with Gasteiger partial charge in [-0.25, -0.2) is 4.98 Å². The summed E-state index contributed by atoms with van der Waals surface area (Å²) < 4.78 is 5.79. The van der Waals surface area contributed by atoms with Gasteiger partial charge < -0.3 is 9.64 Å². The third kappa shape index (κ3) is 3.66. The Bertz CT molecular complexity index is 656. The summed E-state index contributed by atoms with van der Waals surface area (Å²) in [7, 11) is 0. The van der Waals surface area contributed by atoms with Gasteiger partial charge in [0.25, 0.3) is 0 Å². The third-order valence-electron chi connectivity index (χ3n) is 3.66. The molecule has 2 heterocycles. The van der Waals surface area contributed by atoms with E-state index in [4.69, 9.17) is 16.3 Å². The number of rotatable bonds is 3. The highest BCUT2D eigenvalue weighted by Crippen LogP contribution is 2.24. The van der Waals surface area contributed by atoms with Crippen molar-refractivity contribution in [3.05, 3.63) is 50.9 Å². The van der Waals surface area contributed by atoms with Crippen LogP contribution in [0.4, 0.5) is 0 Å². The van der Waals surface area contributed by atoms with Gasteiger partial charge in [0.05, 0.1) is 30.3 Å². The molecular weight excluding hydrogens is 320 g/mol. The van der Waals surface area contributed by atoms with E-state index >= 15 is 0 Å². The molecule has 0 aliphatic carbocycles. The molecule has 3 rings (SSSR count). The highest BCUT2D eigenvalue weighted by Gasteiger charge is 2.25. The van der Waals surface area contributed by atoms with Crippen molar-refractivity contribution in [2.45, 2.75) is 19.4 Å². The molecule has 0 spiro atoms. The van der Waals surface area contributed by atoms with Crippen LogP contribution in [0.15, 0.2) is 29.6 Å². The second kappa shape index (κ2) is 6.77. The molecule has 0 saturated carbocycles. The van der Waals surface area contributed by atoms with Crippen molar-refractivity contribution in [2.75, 3.05) is 19.7 Å². The Hall–Kier alpha value is -1.43. The zero-order valence-corrected chi connectivity index (χ0v) is 13.9. The Labute approximate surface area is 138 Å². The number of halogens is 1. The monoisotopic (exact) mass is 336 g/mol. The summed E-state index contributed by atoms with van der Waals surface area (Å²) in [4.78, 5) is 18.6. The highest BCUT2D eigenvalue weighted by atomic mass is 35.5. The van der Waals surface area contributed by atoms with Crippen molar-refractivity contribution >= 4 is 28.8 Å². The lowest BCUT2D eigenvalue weighted by atomic mass is 10.1. The van der Waals surface area contributed by atoms with Gasteiger partial charge in [0.1, 0.15) is 6.10 Å². The number of nitrogens with zero attached hydrogens (tertiary/aromatic N) is 2. The van der Waals surface area contributed by atoms with Crippen molar-refractivity contribution in [3.63, 3.8) is 0 Å². The lowest BCUT2D eigenvalue weighted by Gasteiger charge is -2.33. The predicted octanol–water partition coefficient (Wildman–Crippen LogP) is 3.25. The number of aryl methyl sites for hydroxylation is 1. The first kappa shape index (κ1) is 15.5. The van der Waals surface area contributed by atoms with E-state index in [1.54, 1.807) is 11.3 Å². The van der Waals surface area contributed by atoms with E-state index < -0.39 is 0 Å². The molecule has 1 aliphatic heterocycles. The number of ether oxygens (including phenoxy) is 1. The number of aromatic nitrogens is 1. The fourth-order valence-corrected chi connectivity index (χ4v) is 3.25. The zero-order chi connectivity index (χ0) is 15.5. The molecule has 22 heavy (non-hydrogen) atoms. The second-order valence-electron chi connectivity index (χ2n) is 5.29. The zero-order valence-electron chi connectivity index (χ0n) is 12.3. The van der Waals surface area contributed by atoms with Gasteiger partial charge >= 0.3 is 0 Å². The van der Waals surface area contributed by atoms with Crippen LogP contribution < -0.4 is 0 Å². The Morgan fingerprint density at radius 3 is 2.91 bits per heavy atom. The molecule has 1 aliphatic rings. The minimum absolute atomic E-state index is 0.0906. The van der Waals surface area contributed by atoms with E-state index in [1.165, 1.54) is 0 Å². The van der Waals surface area contributed by atoms with Crippen LogP contribution in [0.1, 0.15) is 22.4 Å². The molecule has 0 N–H and O–H groups in total. The first-order valence-electron chi connectivity index (χ1n) is 7.17. The topological polar surface area (TPSA) is 42.4 Å². The summed E-state index contributed by atoms with van der Waals surface area (Å²) in [6, 6.07) is 7.59. The summed E-state index contributed by atoms with van der Waals surface area (Å²) in [5.41, 5.74) is 1.90. The molecule has 0 radical (unpaired) electrons. The van der Waals surface area contributed by atoms with Gasteiger partial charge in [-0.05, 0) is 24.6 Å². The molecule has 6 heteroatoms. The Balaban J connectivity index is 1.64. The van der Waals surface area contributed by atoms with Gasteiger partial charge in [0.15, 0.2) is 0 Å². The highest BCUT2D eigenvalue weighted by molar-refractivity contribution is 7.09. The summed E-state index contributed by atoms with van der Waals surface area (Å²) in [6.07, 6.45) is 0.268. The van der Waals surface area contributed by atoms with Crippen LogP contribution in [0.2, 0.25) is 5.02 Å². The predicted molar refractivity (Wildman–Crippen MR) is 87.3 cm³/mol. The van der Waals surface area contributed by atoms with Crippen molar-refractivity contribution < 1.29 is 9.53 Å². The number of morpholine rings is 1. The normalized spacial score (nSPS) is 18.5. The largest absolute Gasteiger partial charge is 0.370 e. The van der Waals surface area contributed by atoms with E-state index in [0.29, 0.717) is 31.1 Å². The van der Waals surface area contributed by atoms with Gasteiger partial charge in [-0.2, -0.15) is 0 Å². The first-order valence-corrected chi connectivity index (χ1v) is 8.43. The quantitative estimate of drug-likeness (QED) is 0.864. The van der Waals surface area contributed by atoms with E-state index in [0.717, 1.165) is 16.3 Å². The first-order chi connectivity index (χ1) is 10.6. The van der Waals surface area contributed by atoms with Crippen LogP contribution >= 0.6 is 22.9 Å². The fourth-order valence-electron chi connectivity index (χ4n) is 2.51. The molecule has 1 aromatic heterocycles. The standard InChI is InChI=1S/C16H17ClN2O2S/c1-11-18-14(10-22-11)8-16(20)19-6-7-21-15(9-19)12-2-4-13(17)5-3-12/h2-5,10,15H,6-9H2,1H3. The lowest BCUT2D eigenvalue weighted by Crippen LogP contribution is -2.43. The fraction of sp³-hybridized carbons (Fsp3) is 0.375. The van der Waals surface area contributed by atoms with Crippen molar-refractivity contribution in [2.24, 2.45) is 0 Å². The Kier molecular flexibility index (Phi) is 4.76. The minimum Gasteiger partial charge on any atom is -0.370 e. The Morgan fingerprint density at radius 2 is 2.23 bits per heavy atom. The van der Waals surface area contributed by atoms with Gasteiger partial charge in [-0.15, -0.1) is 11.3 Å².